The highest BCUT2D eigenvalue weighted by Gasteiger charge is 2.10. The van der Waals surface area contributed by atoms with Crippen molar-refractivity contribution < 1.29 is 14.3 Å². The smallest absolute Gasteiger partial charge is 0.335 e. The molecule has 2 heterocycles. The van der Waals surface area contributed by atoms with E-state index in [2.05, 4.69) is 9.97 Å². The molecule has 20 heavy (non-hydrogen) atoms. The number of imidazole rings is 1. The summed E-state index contributed by atoms with van der Waals surface area (Å²) in [5.74, 6) is 1.18. The van der Waals surface area contributed by atoms with E-state index >= 15 is 0 Å². The second kappa shape index (κ2) is 4.70. The van der Waals surface area contributed by atoms with Gasteiger partial charge in [0.25, 0.3) is 0 Å². The van der Waals surface area contributed by atoms with Crippen molar-refractivity contribution >= 4 is 5.97 Å². The Morgan fingerprint density at radius 1 is 1.30 bits per heavy atom. The molecular formula is C15H12N2O3. The number of aromatic amines is 1. The predicted molar refractivity (Wildman–Crippen MR) is 73.4 cm³/mol. The van der Waals surface area contributed by atoms with Crippen LogP contribution in [0.3, 0.4) is 0 Å². The van der Waals surface area contributed by atoms with E-state index in [-0.39, 0.29) is 5.56 Å². The third kappa shape index (κ3) is 2.21. The molecule has 0 unspecified atom stereocenters. The highest BCUT2D eigenvalue weighted by atomic mass is 16.4. The molecule has 2 N–H and O–H groups in total. The molecule has 0 amide bonds. The van der Waals surface area contributed by atoms with Crippen LogP contribution in [-0.4, -0.2) is 21.0 Å². The molecule has 0 saturated heterocycles. The molecule has 0 aliphatic heterocycles. The lowest BCUT2D eigenvalue weighted by Crippen LogP contribution is -1.96. The lowest BCUT2D eigenvalue weighted by molar-refractivity contribution is 0.0697. The van der Waals surface area contributed by atoms with Crippen molar-refractivity contribution in [2.45, 2.75) is 6.92 Å². The largest absolute Gasteiger partial charge is 0.478 e. The number of carboxylic acid groups (broad SMARTS) is 1. The summed E-state index contributed by atoms with van der Waals surface area (Å²) in [6.07, 6.45) is 1.67. The molecular weight excluding hydrogens is 256 g/mol. The maximum Gasteiger partial charge on any atom is 0.335 e. The molecule has 0 fully saturated rings. The Balaban J connectivity index is 1.98. The lowest BCUT2D eigenvalue weighted by Gasteiger charge is -1.99. The number of hydrogen-bond donors (Lipinski definition) is 2. The molecule has 5 heteroatoms. The fourth-order valence-electron chi connectivity index (χ4n) is 1.97. The summed E-state index contributed by atoms with van der Waals surface area (Å²) in [6, 6.07) is 10.4. The molecule has 3 rings (SSSR count). The first kappa shape index (κ1) is 12.2. The van der Waals surface area contributed by atoms with Crippen LogP contribution in [0.4, 0.5) is 0 Å². The second-order valence-electron chi connectivity index (χ2n) is 4.44. The normalized spacial score (nSPS) is 10.7. The number of aryl methyl sites for hydroxylation is 1. The molecule has 0 atom stereocenters. The Bertz CT molecular complexity index is 771. The Hall–Kier alpha value is -2.82. The quantitative estimate of drug-likeness (QED) is 0.763. The first-order valence-corrected chi connectivity index (χ1v) is 6.09. The van der Waals surface area contributed by atoms with Crippen LogP contribution in [0.1, 0.15) is 16.1 Å². The van der Waals surface area contributed by atoms with E-state index in [1.807, 2.05) is 25.1 Å². The number of aromatic carboxylic acids is 1. The number of nitrogens with zero attached hydrogens (tertiary/aromatic N) is 1. The average Bonchev–Trinajstić information content (AvgIpc) is 3.07. The fraction of sp³-hybridized carbons (Fsp3) is 0.0667. The van der Waals surface area contributed by atoms with Gasteiger partial charge in [-0.2, -0.15) is 0 Å². The minimum Gasteiger partial charge on any atom is -0.478 e. The topological polar surface area (TPSA) is 79.1 Å². The first-order chi connectivity index (χ1) is 9.63. The van der Waals surface area contributed by atoms with E-state index in [0.29, 0.717) is 11.6 Å². The van der Waals surface area contributed by atoms with Crippen molar-refractivity contribution in [2.24, 2.45) is 0 Å². The van der Waals surface area contributed by atoms with Crippen LogP contribution in [-0.2, 0) is 0 Å². The van der Waals surface area contributed by atoms with Crippen molar-refractivity contribution in [3.8, 4) is 22.8 Å². The van der Waals surface area contributed by atoms with Crippen LogP contribution in [0.25, 0.3) is 22.8 Å². The van der Waals surface area contributed by atoms with E-state index < -0.39 is 5.97 Å². The van der Waals surface area contributed by atoms with Gasteiger partial charge in [0.15, 0.2) is 5.76 Å². The SMILES string of the molecule is Cc1ccc(-c2cnc(-c3cccc(C(=O)O)c3)[nH]2)o1. The van der Waals surface area contributed by atoms with Gasteiger partial charge in [0.2, 0.25) is 0 Å². The Morgan fingerprint density at radius 3 is 2.85 bits per heavy atom. The van der Waals surface area contributed by atoms with Gasteiger partial charge < -0.3 is 14.5 Å². The van der Waals surface area contributed by atoms with Gasteiger partial charge >= 0.3 is 5.97 Å². The lowest BCUT2D eigenvalue weighted by atomic mass is 10.1. The Morgan fingerprint density at radius 2 is 2.15 bits per heavy atom. The van der Waals surface area contributed by atoms with E-state index in [0.717, 1.165) is 17.0 Å². The van der Waals surface area contributed by atoms with Crippen LogP contribution in [0, 0.1) is 6.92 Å². The zero-order valence-electron chi connectivity index (χ0n) is 10.8. The number of hydrogen-bond acceptors (Lipinski definition) is 3. The monoisotopic (exact) mass is 268 g/mol. The molecule has 3 aromatic rings. The summed E-state index contributed by atoms with van der Waals surface area (Å²) in [4.78, 5) is 18.4. The van der Waals surface area contributed by atoms with Crippen molar-refractivity contribution in [1.82, 2.24) is 9.97 Å². The standard InChI is InChI=1S/C15H12N2O3/c1-9-5-6-13(20-9)12-8-16-14(17-12)10-3-2-4-11(7-10)15(18)19/h2-8H,1H3,(H,16,17)(H,18,19). The number of H-pyrrole nitrogens is 1. The maximum absolute atomic E-state index is 11.0. The number of carboxylic acids is 1. The highest BCUT2D eigenvalue weighted by Crippen LogP contribution is 2.24. The van der Waals surface area contributed by atoms with Gasteiger partial charge in [0.05, 0.1) is 11.8 Å². The number of carbonyl (C=O) groups is 1. The highest BCUT2D eigenvalue weighted by molar-refractivity contribution is 5.89. The summed E-state index contributed by atoms with van der Waals surface area (Å²) in [5, 5.41) is 9.00. The zero-order chi connectivity index (χ0) is 14.1. The van der Waals surface area contributed by atoms with Gasteiger partial charge in [-0.1, -0.05) is 12.1 Å². The number of rotatable bonds is 3. The molecule has 0 saturated carbocycles. The predicted octanol–water partition coefficient (Wildman–Crippen LogP) is 3.34. The van der Waals surface area contributed by atoms with Crippen LogP contribution >= 0.6 is 0 Å². The van der Waals surface area contributed by atoms with Crippen molar-refractivity contribution in [3.63, 3.8) is 0 Å². The molecule has 0 bridgehead atoms. The Labute approximate surface area is 114 Å². The minimum absolute atomic E-state index is 0.231. The number of furan rings is 1. The second-order valence-corrected chi connectivity index (χ2v) is 4.44. The van der Waals surface area contributed by atoms with Gasteiger partial charge in [-0.05, 0) is 31.2 Å². The van der Waals surface area contributed by atoms with Crippen LogP contribution in [0.15, 0.2) is 47.0 Å². The first-order valence-electron chi connectivity index (χ1n) is 6.09. The molecule has 0 radical (unpaired) electrons. The number of benzene rings is 1. The van der Waals surface area contributed by atoms with Crippen molar-refractivity contribution in [1.29, 1.82) is 0 Å². The maximum atomic E-state index is 11.0. The van der Waals surface area contributed by atoms with Crippen LogP contribution < -0.4 is 0 Å². The summed E-state index contributed by atoms with van der Waals surface area (Å²) in [7, 11) is 0. The Kier molecular flexibility index (Phi) is 2.87. The van der Waals surface area contributed by atoms with Gasteiger partial charge in [-0.3, -0.25) is 0 Å². The molecule has 0 spiro atoms. The van der Waals surface area contributed by atoms with Gasteiger partial charge in [-0.15, -0.1) is 0 Å². The van der Waals surface area contributed by atoms with Gasteiger partial charge in [-0.25, -0.2) is 9.78 Å². The molecule has 0 aliphatic carbocycles. The van der Waals surface area contributed by atoms with Gasteiger partial charge in [0.1, 0.15) is 17.3 Å². The molecule has 1 aromatic carbocycles. The average molecular weight is 268 g/mol. The van der Waals surface area contributed by atoms with E-state index in [9.17, 15) is 4.79 Å². The number of nitrogens with one attached hydrogen (secondary N) is 1. The fourth-order valence-corrected chi connectivity index (χ4v) is 1.97. The van der Waals surface area contributed by atoms with Crippen LogP contribution in [0.5, 0.6) is 0 Å². The van der Waals surface area contributed by atoms with E-state index in [1.54, 1.807) is 24.4 Å². The summed E-state index contributed by atoms with van der Waals surface area (Å²) >= 11 is 0. The molecule has 0 aliphatic rings. The third-order valence-corrected chi connectivity index (χ3v) is 2.96. The summed E-state index contributed by atoms with van der Waals surface area (Å²) in [5.41, 5.74) is 1.71. The summed E-state index contributed by atoms with van der Waals surface area (Å²) in [6.45, 7) is 1.87. The van der Waals surface area contributed by atoms with Crippen LogP contribution in [0.2, 0.25) is 0 Å². The zero-order valence-corrected chi connectivity index (χ0v) is 10.8. The van der Waals surface area contributed by atoms with Gasteiger partial charge in [0, 0.05) is 5.56 Å². The molecule has 2 aromatic heterocycles. The molecule has 100 valence electrons. The van der Waals surface area contributed by atoms with Crippen molar-refractivity contribution in [3.05, 3.63) is 53.9 Å². The third-order valence-electron chi connectivity index (χ3n) is 2.96. The minimum atomic E-state index is -0.958. The van der Waals surface area contributed by atoms with E-state index in [4.69, 9.17) is 9.52 Å². The van der Waals surface area contributed by atoms with Crippen molar-refractivity contribution in [2.75, 3.05) is 0 Å². The molecule has 5 nitrogen and oxygen atoms in total. The summed E-state index contributed by atoms with van der Waals surface area (Å²) < 4.78 is 5.52. The van der Waals surface area contributed by atoms with E-state index in [1.165, 1.54) is 0 Å². The number of aromatic nitrogens is 2.